The quantitative estimate of drug-likeness (QED) is 0.796. The number of rotatable bonds is 5. The standard InChI is InChI=1S/C18H17ClN4OS/c1-12(23-7-8-25-18(23)13(2)24)11-22-6-5-17(21-22)14-3-4-15(10-20)16(19)9-14/h3-9,12,18H,11H2,1-2H3/t12?,18-/m0/s1. The van der Waals surface area contributed by atoms with E-state index in [4.69, 9.17) is 16.9 Å². The second kappa shape index (κ2) is 7.34. The first-order valence-corrected chi connectivity index (χ1v) is 9.15. The number of Topliss-reactive ketones (excluding diaryl/α,β-unsaturated/α-hetero) is 1. The third-order valence-electron chi connectivity index (χ3n) is 4.05. The van der Waals surface area contributed by atoms with Crippen LogP contribution in [0.25, 0.3) is 11.3 Å². The molecule has 25 heavy (non-hydrogen) atoms. The first kappa shape index (κ1) is 17.6. The van der Waals surface area contributed by atoms with Crippen LogP contribution in [0.5, 0.6) is 0 Å². The molecule has 1 aliphatic heterocycles. The van der Waals surface area contributed by atoms with E-state index in [2.05, 4.69) is 23.0 Å². The Kier molecular flexibility index (Phi) is 5.16. The number of nitrogens with zero attached hydrogens (tertiary/aromatic N) is 4. The van der Waals surface area contributed by atoms with Crippen LogP contribution in [0.15, 0.2) is 42.1 Å². The van der Waals surface area contributed by atoms with E-state index in [1.54, 1.807) is 19.1 Å². The third-order valence-corrected chi connectivity index (χ3v) is 5.47. The van der Waals surface area contributed by atoms with Crippen LogP contribution in [0, 0.1) is 11.3 Å². The van der Waals surface area contributed by atoms with Gasteiger partial charge in [-0.2, -0.15) is 10.4 Å². The lowest BCUT2D eigenvalue weighted by Gasteiger charge is -2.29. The monoisotopic (exact) mass is 372 g/mol. The zero-order valence-electron chi connectivity index (χ0n) is 13.9. The normalized spacial score (nSPS) is 17.5. The molecule has 2 aromatic rings. The van der Waals surface area contributed by atoms with Crippen molar-refractivity contribution in [3.8, 4) is 17.3 Å². The van der Waals surface area contributed by atoms with E-state index in [0.717, 1.165) is 11.3 Å². The minimum atomic E-state index is -0.151. The molecule has 0 spiro atoms. The number of thioether (sulfide) groups is 1. The number of hydrogen-bond acceptors (Lipinski definition) is 5. The molecular formula is C18H17ClN4OS. The van der Waals surface area contributed by atoms with Gasteiger partial charge in [-0.15, -0.1) is 0 Å². The van der Waals surface area contributed by atoms with Crippen LogP contribution in [0.1, 0.15) is 19.4 Å². The zero-order chi connectivity index (χ0) is 18.0. The molecule has 0 saturated heterocycles. The Morgan fingerprint density at radius 1 is 1.48 bits per heavy atom. The summed E-state index contributed by atoms with van der Waals surface area (Å²) in [5.74, 6) is 0.148. The van der Waals surface area contributed by atoms with Crippen molar-refractivity contribution in [3.05, 3.63) is 52.7 Å². The predicted octanol–water partition coefficient (Wildman–Crippen LogP) is 3.90. The average Bonchev–Trinajstić information content (AvgIpc) is 3.24. The average molecular weight is 373 g/mol. The van der Waals surface area contributed by atoms with Crippen molar-refractivity contribution in [1.82, 2.24) is 14.7 Å². The van der Waals surface area contributed by atoms with Gasteiger partial charge in [0.1, 0.15) is 11.4 Å². The maximum absolute atomic E-state index is 11.7. The van der Waals surface area contributed by atoms with E-state index in [1.165, 1.54) is 11.8 Å². The van der Waals surface area contributed by atoms with Gasteiger partial charge in [0.25, 0.3) is 0 Å². The van der Waals surface area contributed by atoms with Crippen LogP contribution in [0.2, 0.25) is 5.02 Å². The lowest BCUT2D eigenvalue weighted by atomic mass is 10.1. The van der Waals surface area contributed by atoms with E-state index in [1.807, 2.05) is 34.6 Å². The number of nitriles is 1. The molecule has 0 bridgehead atoms. The summed E-state index contributed by atoms with van der Waals surface area (Å²) in [4.78, 5) is 13.8. The minimum Gasteiger partial charge on any atom is -0.354 e. The van der Waals surface area contributed by atoms with Gasteiger partial charge >= 0.3 is 0 Å². The number of benzene rings is 1. The molecule has 0 fully saturated rings. The minimum absolute atomic E-state index is 0.137. The second-order valence-electron chi connectivity index (χ2n) is 5.91. The van der Waals surface area contributed by atoms with Gasteiger partial charge in [-0.1, -0.05) is 29.4 Å². The van der Waals surface area contributed by atoms with Gasteiger partial charge in [-0.25, -0.2) is 0 Å². The van der Waals surface area contributed by atoms with E-state index < -0.39 is 0 Å². The summed E-state index contributed by atoms with van der Waals surface area (Å²) in [6.07, 6.45) is 3.87. The summed E-state index contributed by atoms with van der Waals surface area (Å²) in [7, 11) is 0. The maximum atomic E-state index is 11.7. The number of aromatic nitrogens is 2. The number of halogens is 1. The fraction of sp³-hybridized carbons (Fsp3) is 0.278. The van der Waals surface area contributed by atoms with Crippen LogP contribution >= 0.6 is 23.4 Å². The summed E-state index contributed by atoms with van der Waals surface area (Å²) >= 11 is 7.63. The topological polar surface area (TPSA) is 61.9 Å². The van der Waals surface area contributed by atoms with Crippen molar-refractivity contribution in [3.63, 3.8) is 0 Å². The highest BCUT2D eigenvalue weighted by atomic mass is 35.5. The SMILES string of the molecule is CC(=O)[C@@H]1SC=CN1C(C)Cn1ccc(-c2ccc(C#N)c(Cl)c2)n1. The molecule has 1 aliphatic rings. The summed E-state index contributed by atoms with van der Waals surface area (Å²) in [5, 5.41) is 15.8. The molecule has 0 N–H and O–H groups in total. The van der Waals surface area contributed by atoms with Crippen LogP contribution in [-0.4, -0.2) is 31.9 Å². The van der Waals surface area contributed by atoms with Crippen molar-refractivity contribution in [1.29, 1.82) is 5.26 Å². The lowest BCUT2D eigenvalue weighted by Crippen LogP contribution is -2.39. The zero-order valence-corrected chi connectivity index (χ0v) is 15.5. The Morgan fingerprint density at radius 3 is 2.96 bits per heavy atom. The molecule has 128 valence electrons. The van der Waals surface area contributed by atoms with Crippen molar-refractivity contribution < 1.29 is 4.79 Å². The summed E-state index contributed by atoms with van der Waals surface area (Å²) in [6.45, 7) is 4.36. The third kappa shape index (κ3) is 3.73. The van der Waals surface area contributed by atoms with Crippen molar-refractivity contribution in [2.75, 3.05) is 0 Å². The maximum Gasteiger partial charge on any atom is 0.162 e. The Balaban J connectivity index is 1.74. The largest absolute Gasteiger partial charge is 0.354 e. The highest BCUT2D eigenvalue weighted by Gasteiger charge is 2.28. The molecule has 0 saturated carbocycles. The van der Waals surface area contributed by atoms with E-state index >= 15 is 0 Å². The Morgan fingerprint density at radius 2 is 2.28 bits per heavy atom. The van der Waals surface area contributed by atoms with Crippen molar-refractivity contribution >= 4 is 29.1 Å². The molecule has 7 heteroatoms. The van der Waals surface area contributed by atoms with Crippen LogP contribution in [0.3, 0.4) is 0 Å². The molecule has 1 unspecified atom stereocenters. The van der Waals surface area contributed by atoms with Crippen LogP contribution in [-0.2, 0) is 11.3 Å². The van der Waals surface area contributed by atoms with Gasteiger partial charge in [0, 0.05) is 24.0 Å². The smallest absolute Gasteiger partial charge is 0.162 e. The van der Waals surface area contributed by atoms with E-state index in [0.29, 0.717) is 17.1 Å². The van der Waals surface area contributed by atoms with Crippen LogP contribution < -0.4 is 0 Å². The molecule has 0 radical (unpaired) electrons. The van der Waals surface area contributed by atoms with Gasteiger partial charge in [0.2, 0.25) is 0 Å². The van der Waals surface area contributed by atoms with Gasteiger partial charge in [-0.05, 0) is 37.5 Å². The Labute approximate surface area is 155 Å². The molecule has 5 nitrogen and oxygen atoms in total. The fourth-order valence-electron chi connectivity index (χ4n) is 2.76. The summed E-state index contributed by atoms with van der Waals surface area (Å²) < 4.78 is 1.86. The molecule has 3 rings (SSSR count). The predicted molar refractivity (Wildman–Crippen MR) is 99.9 cm³/mol. The van der Waals surface area contributed by atoms with Gasteiger partial charge in [0.05, 0.1) is 22.8 Å². The van der Waals surface area contributed by atoms with Crippen LogP contribution in [0.4, 0.5) is 0 Å². The molecule has 0 aliphatic carbocycles. The number of ketones is 1. The first-order chi connectivity index (χ1) is 12.0. The first-order valence-electron chi connectivity index (χ1n) is 7.83. The highest BCUT2D eigenvalue weighted by molar-refractivity contribution is 8.03. The Hall–Kier alpha value is -2.23. The fourth-order valence-corrected chi connectivity index (χ4v) is 3.95. The second-order valence-corrected chi connectivity index (χ2v) is 7.31. The molecule has 1 aromatic carbocycles. The molecule has 0 amide bonds. The molecule has 1 aromatic heterocycles. The van der Waals surface area contributed by atoms with Crippen molar-refractivity contribution in [2.24, 2.45) is 0 Å². The number of carbonyl (C=O) groups excluding carboxylic acids is 1. The highest BCUT2D eigenvalue weighted by Crippen LogP contribution is 2.28. The summed E-state index contributed by atoms with van der Waals surface area (Å²) in [6, 6.07) is 9.39. The van der Waals surface area contributed by atoms with E-state index in [9.17, 15) is 4.79 Å². The number of hydrogen-bond donors (Lipinski definition) is 0. The number of carbonyl (C=O) groups is 1. The van der Waals surface area contributed by atoms with Gasteiger partial charge in [-0.3, -0.25) is 9.48 Å². The molecule has 2 atom stereocenters. The lowest BCUT2D eigenvalue weighted by molar-refractivity contribution is -0.119. The van der Waals surface area contributed by atoms with Crippen molar-refractivity contribution in [2.45, 2.75) is 31.8 Å². The summed E-state index contributed by atoms with van der Waals surface area (Å²) in [5.41, 5.74) is 2.12. The molecular weight excluding hydrogens is 356 g/mol. The molecule has 2 heterocycles. The Bertz CT molecular complexity index is 870. The van der Waals surface area contributed by atoms with E-state index in [-0.39, 0.29) is 17.2 Å². The van der Waals surface area contributed by atoms with Gasteiger partial charge < -0.3 is 4.90 Å². The van der Waals surface area contributed by atoms with Gasteiger partial charge in [0.15, 0.2) is 5.78 Å².